The van der Waals surface area contributed by atoms with Gasteiger partial charge in [-0.2, -0.15) is 0 Å². The second-order valence-electron chi connectivity index (χ2n) is 5.02. The molecule has 5 nitrogen and oxygen atoms in total. The zero-order valence-electron chi connectivity index (χ0n) is 11.0. The Hall–Kier alpha value is -0.790. The topological polar surface area (TPSA) is 65.1 Å². The van der Waals surface area contributed by atoms with E-state index in [9.17, 15) is 8.42 Å². The quantitative estimate of drug-likeness (QED) is 0.765. The van der Waals surface area contributed by atoms with Crippen LogP contribution in [0, 0.1) is 0 Å². The van der Waals surface area contributed by atoms with Crippen LogP contribution in [-0.4, -0.2) is 39.6 Å². The maximum atomic E-state index is 12.1. The smallest absolute Gasteiger partial charge is 0.162 e. The van der Waals surface area contributed by atoms with Gasteiger partial charge in [-0.15, -0.1) is 0 Å². The van der Waals surface area contributed by atoms with Crippen molar-refractivity contribution >= 4 is 25.8 Å². The van der Waals surface area contributed by atoms with E-state index in [0.29, 0.717) is 30.3 Å². The molecule has 1 fully saturated rings. The number of hydrogen-bond acceptors (Lipinski definition) is 5. The molecule has 0 N–H and O–H groups in total. The van der Waals surface area contributed by atoms with E-state index in [2.05, 4.69) is 15.9 Å². The third-order valence-electron chi connectivity index (χ3n) is 3.34. The Kier molecular flexibility index (Phi) is 3.68. The summed E-state index contributed by atoms with van der Waals surface area (Å²) in [4.78, 5) is 0. The van der Waals surface area contributed by atoms with Gasteiger partial charge < -0.3 is 14.2 Å². The predicted molar refractivity (Wildman–Crippen MR) is 77.0 cm³/mol. The van der Waals surface area contributed by atoms with E-state index < -0.39 is 9.84 Å². The Morgan fingerprint density at radius 2 is 1.85 bits per heavy atom. The SMILES string of the molecule is C[C@@H]1O[C@H]1CS(=O)(=O)Cc1cc2c(cc1Br)OCCO2. The molecule has 0 spiro atoms. The normalized spacial score (nSPS) is 24.5. The lowest BCUT2D eigenvalue weighted by molar-refractivity contribution is 0.171. The minimum absolute atomic E-state index is 0.0309. The van der Waals surface area contributed by atoms with Crippen LogP contribution in [0.15, 0.2) is 16.6 Å². The molecule has 1 aromatic carbocycles. The maximum Gasteiger partial charge on any atom is 0.162 e. The summed E-state index contributed by atoms with van der Waals surface area (Å²) < 4.78 is 41.1. The summed E-state index contributed by atoms with van der Waals surface area (Å²) in [5, 5.41) is 0. The van der Waals surface area contributed by atoms with Gasteiger partial charge in [-0.25, -0.2) is 8.42 Å². The summed E-state index contributed by atoms with van der Waals surface area (Å²) in [5.41, 5.74) is 0.683. The molecule has 20 heavy (non-hydrogen) atoms. The van der Waals surface area contributed by atoms with Gasteiger partial charge in [0.25, 0.3) is 0 Å². The van der Waals surface area contributed by atoms with Gasteiger partial charge >= 0.3 is 0 Å². The Morgan fingerprint density at radius 1 is 1.25 bits per heavy atom. The molecule has 3 rings (SSSR count). The van der Waals surface area contributed by atoms with Crippen LogP contribution in [0.4, 0.5) is 0 Å². The number of halogens is 1. The van der Waals surface area contributed by atoms with Crippen molar-refractivity contribution < 1.29 is 22.6 Å². The average molecular weight is 363 g/mol. The monoisotopic (exact) mass is 362 g/mol. The van der Waals surface area contributed by atoms with Crippen molar-refractivity contribution in [2.24, 2.45) is 0 Å². The molecule has 7 heteroatoms. The van der Waals surface area contributed by atoms with Crippen molar-refractivity contribution in [2.75, 3.05) is 19.0 Å². The van der Waals surface area contributed by atoms with Crippen molar-refractivity contribution in [3.63, 3.8) is 0 Å². The van der Waals surface area contributed by atoms with Gasteiger partial charge in [0, 0.05) is 4.47 Å². The molecule has 0 aliphatic carbocycles. The van der Waals surface area contributed by atoms with Gasteiger partial charge in [0.2, 0.25) is 0 Å². The van der Waals surface area contributed by atoms with E-state index in [1.54, 1.807) is 12.1 Å². The molecule has 2 heterocycles. The van der Waals surface area contributed by atoms with Crippen molar-refractivity contribution in [3.05, 3.63) is 22.2 Å². The Balaban J connectivity index is 1.79. The summed E-state index contributed by atoms with van der Waals surface area (Å²) in [6, 6.07) is 3.49. The highest BCUT2D eigenvalue weighted by molar-refractivity contribution is 9.10. The lowest BCUT2D eigenvalue weighted by Gasteiger charge is -2.19. The number of fused-ring (bicyclic) bond motifs is 1. The Labute approximate surface area is 126 Å². The Bertz CT molecular complexity index is 628. The molecule has 0 bridgehead atoms. The van der Waals surface area contributed by atoms with Crippen molar-refractivity contribution in [2.45, 2.75) is 24.9 Å². The van der Waals surface area contributed by atoms with Crippen LogP contribution in [0.25, 0.3) is 0 Å². The summed E-state index contributed by atoms with van der Waals surface area (Å²) in [7, 11) is -3.20. The maximum absolute atomic E-state index is 12.1. The van der Waals surface area contributed by atoms with Gasteiger partial charge in [-0.1, -0.05) is 15.9 Å². The van der Waals surface area contributed by atoms with Crippen LogP contribution in [0.5, 0.6) is 11.5 Å². The first-order chi connectivity index (χ1) is 9.44. The van der Waals surface area contributed by atoms with Crippen LogP contribution in [0.1, 0.15) is 12.5 Å². The zero-order valence-corrected chi connectivity index (χ0v) is 13.4. The van der Waals surface area contributed by atoms with E-state index in [1.165, 1.54) is 0 Å². The van der Waals surface area contributed by atoms with E-state index in [1.807, 2.05) is 6.92 Å². The molecule has 0 saturated carbocycles. The molecular formula is C13H15BrO5S. The largest absolute Gasteiger partial charge is 0.486 e. The van der Waals surface area contributed by atoms with Crippen LogP contribution in [-0.2, 0) is 20.3 Å². The number of rotatable bonds is 4. The van der Waals surface area contributed by atoms with E-state index >= 15 is 0 Å². The van der Waals surface area contributed by atoms with Gasteiger partial charge in [0.1, 0.15) is 13.2 Å². The van der Waals surface area contributed by atoms with Gasteiger partial charge in [-0.05, 0) is 24.6 Å². The highest BCUT2D eigenvalue weighted by atomic mass is 79.9. The van der Waals surface area contributed by atoms with Crippen molar-refractivity contribution in [1.82, 2.24) is 0 Å². The van der Waals surface area contributed by atoms with Crippen LogP contribution >= 0.6 is 15.9 Å². The van der Waals surface area contributed by atoms with Crippen molar-refractivity contribution in [3.8, 4) is 11.5 Å². The highest BCUT2D eigenvalue weighted by Crippen LogP contribution is 2.36. The number of hydrogen-bond donors (Lipinski definition) is 0. The minimum atomic E-state index is -3.20. The molecular weight excluding hydrogens is 348 g/mol. The molecule has 0 aromatic heterocycles. The fourth-order valence-electron chi connectivity index (χ4n) is 2.17. The molecule has 2 aliphatic heterocycles. The number of benzene rings is 1. The van der Waals surface area contributed by atoms with Crippen molar-refractivity contribution in [1.29, 1.82) is 0 Å². The molecule has 2 aliphatic rings. The lowest BCUT2D eigenvalue weighted by Crippen LogP contribution is -2.17. The highest BCUT2D eigenvalue weighted by Gasteiger charge is 2.38. The molecule has 2 atom stereocenters. The van der Waals surface area contributed by atoms with Crippen LogP contribution in [0.3, 0.4) is 0 Å². The first-order valence-corrected chi connectivity index (χ1v) is 9.00. The summed E-state index contributed by atoms with van der Waals surface area (Å²) in [5.74, 6) is 1.27. The molecule has 0 radical (unpaired) electrons. The second kappa shape index (κ2) is 5.20. The number of sulfone groups is 1. The summed E-state index contributed by atoms with van der Waals surface area (Å²) >= 11 is 3.39. The molecule has 110 valence electrons. The lowest BCUT2D eigenvalue weighted by atomic mass is 10.2. The summed E-state index contributed by atoms with van der Waals surface area (Å²) in [6.07, 6.45) is -0.107. The van der Waals surface area contributed by atoms with Gasteiger partial charge in [0.05, 0.1) is 23.7 Å². The first-order valence-electron chi connectivity index (χ1n) is 6.38. The predicted octanol–water partition coefficient (Wildman–Crippen LogP) is 1.92. The van der Waals surface area contributed by atoms with E-state index in [-0.39, 0.29) is 23.7 Å². The van der Waals surface area contributed by atoms with Crippen LogP contribution < -0.4 is 9.47 Å². The van der Waals surface area contributed by atoms with E-state index in [4.69, 9.17) is 14.2 Å². The molecule has 1 aromatic rings. The third-order valence-corrected chi connectivity index (χ3v) is 5.67. The minimum Gasteiger partial charge on any atom is -0.486 e. The van der Waals surface area contributed by atoms with Crippen LogP contribution in [0.2, 0.25) is 0 Å². The molecule has 0 amide bonds. The first kappa shape index (κ1) is 14.2. The van der Waals surface area contributed by atoms with Gasteiger partial charge in [-0.3, -0.25) is 0 Å². The standard InChI is InChI=1S/C13H15BrO5S/c1-8-13(19-8)7-20(15,16)6-9-4-11-12(5-10(9)14)18-3-2-17-11/h4-5,8,13H,2-3,6-7H2,1H3/t8-,13-/m0/s1. The number of epoxide rings is 1. The zero-order chi connectivity index (χ0) is 14.3. The summed E-state index contributed by atoms with van der Waals surface area (Å²) in [6.45, 7) is 2.86. The second-order valence-corrected chi connectivity index (χ2v) is 7.98. The Morgan fingerprint density at radius 3 is 2.45 bits per heavy atom. The average Bonchev–Trinajstić information content (AvgIpc) is 3.04. The van der Waals surface area contributed by atoms with Gasteiger partial charge in [0.15, 0.2) is 21.3 Å². The molecule has 1 saturated heterocycles. The fraction of sp³-hybridized carbons (Fsp3) is 0.538. The van der Waals surface area contributed by atoms with E-state index in [0.717, 1.165) is 4.47 Å². The molecule has 0 unspecified atom stereocenters. The number of ether oxygens (including phenoxy) is 3. The third kappa shape index (κ3) is 3.10. The fourth-order valence-corrected chi connectivity index (χ4v) is 4.50.